The van der Waals surface area contributed by atoms with Gasteiger partial charge in [-0.05, 0) is 73.0 Å². The Morgan fingerprint density at radius 3 is 2.17 bits per heavy atom. The van der Waals surface area contributed by atoms with Crippen LogP contribution in [0.1, 0.15) is 34.8 Å². The number of anilines is 1. The summed E-state index contributed by atoms with van der Waals surface area (Å²) < 4.78 is 4.98. The smallest absolute Gasteiger partial charge is 0.338 e. The topological polar surface area (TPSA) is 140 Å². The number of rotatable bonds is 10. The monoisotopic (exact) mass is 546 g/mol. The van der Waals surface area contributed by atoms with E-state index in [1.54, 1.807) is 55.5 Å². The van der Waals surface area contributed by atoms with Gasteiger partial charge in [-0.1, -0.05) is 24.3 Å². The van der Waals surface area contributed by atoms with Crippen molar-refractivity contribution in [1.29, 1.82) is 0 Å². The van der Waals surface area contributed by atoms with Crippen LogP contribution in [0.5, 0.6) is 11.5 Å². The predicted molar refractivity (Wildman–Crippen MR) is 150 cm³/mol. The number of likely N-dealkylation sites (tertiary alicyclic amines) is 1. The van der Waals surface area contributed by atoms with Crippen LogP contribution in [-0.2, 0) is 22.5 Å². The van der Waals surface area contributed by atoms with E-state index in [-0.39, 0.29) is 36.5 Å². The van der Waals surface area contributed by atoms with E-state index >= 15 is 0 Å². The number of phenols is 2. The largest absolute Gasteiger partial charge is 0.508 e. The molecule has 1 saturated heterocycles. The molecule has 1 fully saturated rings. The summed E-state index contributed by atoms with van der Waals surface area (Å²) in [4.78, 5) is 40.3. The first-order chi connectivity index (χ1) is 19.3. The summed E-state index contributed by atoms with van der Waals surface area (Å²) in [6, 6.07) is 18.3. The van der Waals surface area contributed by atoms with E-state index in [1.165, 1.54) is 12.1 Å². The fraction of sp³-hybridized carbons (Fsp3) is 0.300. The van der Waals surface area contributed by atoms with E-state index in [4.69, 9.17) is 4.74 Å². The van der Waals surface area contributed by atoms with Gasteiger partial charge in [-0.2, -0.15) is 0 Å². The molecule has 0 bridgehead atoms. The summed E-state index contributed by atoms with van der Waals surface area (Å²) in [5, 5.41) is 27.7. The van der Waals surface area contributed by atoms with Gasteiger partial charge in [0.05, 0.1) is 12.2 Å². The lowest BCUT2D eigenvalue weighted by Gasteiger charge is -2.22. The number of nitrogens with zero attached hydrogens (tertiary/aromatic N) is 1. The highest BCUT2D eigenvalue weighted by Crippen LogP contribution is 2.17. The van der Waals surface area contributed by atoms with Gasteiger partial charge in [0.15, 0.2) is 0 Å². The fourth-order valence-corrected chi connectivity index (χ4v) is 4.56. The molecule has 0 radical (unpaired) electrons. The van der Waals surface area contributed by atoms with Gasteiger partial charge >= 0.3 is 12.0 Å². The van der Waals surface area contributed by atoms with Crippen LogP contribution in [0.25, 0.3) is 0 Å². The van der Waals surface area contributed by atoms with Gasteiger partial charge in [-0.15, -0.1) is 0 Å². The fourth-order valence-electron chi connectivity index (χ4n) is 4.56. The first kappa shape index (κ1) is 28.4. The average Bonchev–Trinajstić information content (AvgIpc) is 3.37. The van der Waals surface area contributed by atoms with Gasteiger partial charge in [-0.25, -0.2) is 9.59 Å². The van der Waals surface area contributed by atoms with E-state index < -0.39 is 18.0 Å². The first-order valence-corrected chi connectivity index (χ1v) is 13.2. The van der Waals surface area contributed by atoms with Crippen molar-refractivity contribution in [3.63, 3.8) is 0 Å². The Labute approximate surface area is 233 Å². The zero-order valence-corrected chi connectivity index (χ0v) is 22.3. The Morgan fingerprint density at radius 1 is 0.925 bits per heavy atom. The van der Waals surface area contributed by atoms with Gasteiger partial charge < -0.3 is 30.9 Å². The van der Waals surface area contributed by atoms with Crippen molar-refractivity contribution in [2.75, 3.05) is 25.0 Å². The number of ether oxygens (including phenoxy) is 1. The lowest BCUT2D eigenvalue weighted by Crippen LogP contribution is -2.52. The van der Waals surface area contributed by atoms with E-state index in [0.717, 1.165) is 24.1 Å². The van der Waals surface area contributed by atoms with Crippen LogP contribution in [-0.4, -0.2) is 64.8 Å². The van der Waals surface area contributed by atoms with E-state index in [1.807, 2.05) is 12.1 Å². The molecule has 210 valence electrons. The predicted octanol–water partition coefficient (Wildman–Crippen LogP) is 3.40. The van der Waals surface area contributed by atoms with Crippen LogP contribution in [0, 0.1) is 0 Å². The number of aromatic hydroxyl groups is 2. The van der Waals surface area contributed by atoms with Gasteiger partial charge in [0.25, 0.3) is 0 Å². The number of carbonyl (C=O) groups is 3. The number of phenolic OH excluding ortho intramolecular Hbond substituents is 2. The molecule has 1 aliphatic rings. The number of nitrogens with one attached hydrogen (secondary N) is 3. The number of esters is 1. The van der Waals surface area contributed by atoms with Gasteiger partial charge in [-0.3, -0.25) is 9.69 Å². The third kappa shape index (κ3) is 8.21. The first-order valence-electron chi connectivity index (χ1n) is 13.2. The lowest BCUT2D eigenvalue weighted by molar-refractivity contribution is -0.123. The minimum absolute atomic E-state index is 0.0767. The van der Waals surface area contributed by atoms with Crippen LogP contribution >= 0.6 is 0 Å². The Hall–Kier alpha value is -4.57. The maximum absolute atomic E-state index is 13.3. The van der Waals surface area contributed by atoms with Crippen molar-refractivity contribution in [3.8, 4) is 11.5 Å². The van der Waals surface area contributed by atoms with Crippen molar-refractivity contribution in [2.24, 2.45) is 0 Å². The number of amides is 3. The molecular formula is C30H34N4O6. The highest BCUT2D eigenvalue weighted by Gasteiger charge is 2.28. The number of carbonyl (C=O) groups excluding carboxylic acids is 3. The zero-order valence-electron chi connectivity index (χ0n) is 22.3. The van der Waals surface area contributed by atoms with Gasteiger partial charge in [0.2, 0.25) is 5.91 Å². The maximum Gasteiger partial charge on any atom is 0.338 e. The number of benzene rings is 3. The summed E-state index contributed by atoms with van der Waals surface area (Å²) in [7, 11) is 0. The number of hydrogen-bond acceptors (Lipinski definition) is 7. The molecule has 0 aromatic heterocycles. The molecule has 3 aromatic rings. The minimum Gasteiger partial charge on any atom is -0.508 e. The SMILES string of the molecule is CCOC(=O)c1ccc(NC(=O)N[C@@H](Cc2ccc(O)cc2)C(=O)N[C@H]2CCN(Cc3ccc(O)cc3)C2)cc1. The van der Waals surface area contributed by atoms with Crippen molar-refractivity contribution >= 4 is 23.6 Å². The Kier molecular flexibility index (Phi) is 9.58. The summed E-state index contributed by atoms with van der Waals surface area (Å²) in [6.07, 6.45) is 1.00. The molecule has 10 heteroatoms. The normalized spacial score (nSPS) is 15.7. The molecule has 0 aliphatic carbocycles. The quantitative estimate of drug-likeness (QED) is 0.246. The molecule has 1 heterocycles. The zero-order chi connectivity index (χ0) is 28.5. The molecule has 2 atom stereocenters. The molecule has 0 unspecified atom stereocenters. The Morgan fingerprint density at radius 2 is 1.55 bits per heavy atom. The second kappa shape index (κ2) is 13.5. The van der Waals surface area contributed by atoms with Crippen LogP contribution in [0.4, 0.5) is 10.5 Å². The lowest BCUT2D eigenvalue weighted by atomic mass is 10.0. The van der Waals surface area contributed by atoms with E-state index in [0.29, 0.717) is 24.3 Å². The minimum atomic E-state index is -0.866. The van der Waals surface area contributed by atoms with Crippen LogP contribution < -0.4 is 16.0 Å². The third-order valence-electron chi connectivity index (χ3n) is 6.61. The standard InChI is InChI=1S/C30H34N4O6/c1-2-40-29(38)22-7-9-23(10-8-22)32-30(39)33-27(17-20-3-11-25(35)12-4-20)28(37)31-24-15-16-34(19-24)18-21-5-13-26(36)14-6-21/h3-14,24,27,35-36H,2,15-19H2,1H3,(H,31,37)(H2,32,33,39)/t24-,27-/m0/s1. The Bertz CT molecular complexity index is 1300. The maximum atomic E-state index is 13.3. The molecule has 4 rings (SSSR count). The summed E-state index contributed by atoms with van der Waals surface area (Å²) in [6.45, 7) is 4.17. The molecule has 3 amide bonds. The Balaban J connectivity index is 1.37. The number of urea groups is 1. The van der Waals surface area contributed by atoms with Crippen LogP contribution in [0.15, 0.2) is 72.8 Å². The van der Waals surface area contributed by atoms with Crippen molar-refractivity contribution in [2.45, 2.75) is 38.4 Å². The highest BCUT2D eigenvalue weighted by molar-refractivity contribution is 5.95. The molecule has 10 nitrogen and oxygen atoms in total. The van der Waals surface area contributed by atoms with Crippen molar-refractivity contribution in [3.05, 3.63) is 89.5 Å². The highest BCUT2D eigenvalue weighted by atomic mass is 16.5. The molecule has 1 aliphatic heterocycles. The van der Waals surface area contributed by atoms with Gasteiger partial charge in [0.1, 0.15) is 17.5 Å². The van der Waals surface area contributed by atoms with E-state index in [9.17, 15) is 24.6 Å². The summed E-state index contributed by atoms with van der Waals surface area (Å²) >= 11 is 0. The molecular weight excluding hydrogens is 512 g/mol. The molecule has 5 N–H and O–H groups in total. The number of hydrogen-bond donors (Lipinski definition) is 5. The molecule has 3 aromatic carbocycles. The molecule has 40 heavy (non-hydrogen) atoms. The second-order valence-corrected chi connectivity index (χ2v) is 9.72. The van der Waals surface area contributed by atoms with Gasteiger partial charge in [0, 0.05) is 37.8 Å². The average molecular weight is 547 g/mol. The van der Waals surface area contributed by atoms with E-state index in [2.05, 4.69) is 20.9 Å². The molecule has 0 spiro atoms. The van der Waals surface area contributed by atoms with Crippen LogP contribution in [0.2, 0.25) is 0 Å². The van der Waals surface area contributed by atoms with Crippen LogP contribution in [0.3, 0.4) is 0 Å². The molecule has 0 saturated carbocycles. The third-order valence-corrected chi connectivity index (χ3v) is 6.61. The van der Waals surface area contributed by atoms with Crippen molar-refractivity contribution < 1.29 is 29.3 Å². The summed E-state index contributed by atoms with van der Waals surface area (Å²) in [5.41, 5.74) is 2.67. The van der Waals surface area contributed by atoms with Crippen molar-refractivity contribution in [1.82, 2.24) is 15.5 Å². The summed E-state index contributed by atoms with van der Waals surface area (Å²) in [5.74, 6) is -0.420. The second-order valence-electron chi connectivity index (χ2n) is 9.72.